The third-order valence-electron chi connectivity index (χ3n) is 2.89. The number of aromatic amines is 1. The highest BCUT2D eigenvalue weighted by molar-refractivity contribution is 6.30. The Morgan fingerprint density at radius 2 is 1.64 bits per heavy atom. The van der Waals surface area contributed by atoms with Gasteiger partial charge in [0.1, 0.15) is 11.5 Å². The molecule has 0 radical (unpaired) electrons. The molecule has 3 rings (SSSR count). The molecule has 0 atom stereocenters. The molecule has 0 fully saturated rings. The standard InChI is InChI=1S/C15H9ClF3NO2/c16-9-1-3-10(4-2-9)21-14-8-20-13-6-5-11(7-12(13)14)22-15(17,18)19/h1-8,20H. The van der Waals surface area contributed by atoms with Crippen molar-refractivity contribution in [3.05, 3.63) is 53.7 Å². The normalized spacial score (nSPS) is 11.6. The number of nitrogens with one attached hydrogen (secondary N) is 1. The summed E-state index contributed by atoms with van der Waals surface area (Å²) in [6.07, 6.45) is -3.17. The summed E-state index contributed by atoms with van der Waals surface area (Å²) < 4.78 is 46.4. The number of fused-ring (bicyclic) bond motifs is 1. The van der Waals surface area contributed by atoms with Crippen LogP contribution in [0, 0.1) is 0 Å². The minimum atomic E-state index is -4.73. The molecule has 0 spiro atoms. The molecule has 0 unspecified atom stereocenters. The molecule has 7 heteroatoms. The predicted molar refractivity (Wildman–Crippen MR) is 76.5 cm³/mol. The van der Waals surface area contributed by atoms with Gasteiger partial charge in [-0.25, -0.2) is 0 Å². The van der Waals surface area contributed by atoms with Gasteiger partial charge in [-0.3, -0.25) is 0 Å². The molecule has 2 aromatic carbocycles. The van der Waals surface area contributed by atoms with Gasteiger partial charge in [0, 0.05) is 22.1 Å². The second-order valence-corrected chi connectivity index (χ2v) is 4.90. The summed E-state index contributed by atoms with van der Waals surface area (Å²) in [5.74, 6) is 0.609. The number of alkyl halides is 3. The predicted octanol–water partition coefficient (Wildman–Crippen LogP) is 5.51. The van der Waals surface area contributed by atoms with Crippen LogP contribution in [0.15, 0.2) is 48.7 Å². The number of hydrogen-bond donors (Lipinski definition) is 1. The highest BCUT2D eigenvalue weighted by atomic mass is 35.5. The van der Waals surface area contributed by atoms with Gasteiger partial charge in [-0.2, -0.15) is 0 Å². The van der Waals surface area contributed by atoms with Crippen molar-refractivity contribution >= 4 is 22.5 Å². The van der Waals surface area contributed by atoms with Crippen LogP contribution in [0.25, 0.3) is 10.9 Å². The van der Waals surface area contributed by atoms with E-state index in [9.17, 15) is 13.2 Å². The Bertz CT molecular complexity index is 797. The van der Waals surface area contributed by atoms with Gasteiger partial charge in [-0.1, -0.05) is 11.6 Å². The van der Waals surface area contributed by atoms with Gasteiger partial charge in [0.25, 0.3) is 0 Å². The number of halogens is 4. The first-order chi connectivity index (χ1) is 10.4. The van der Waals surface area contributed by atoms with Crippen LogP contribution in [0.2, 0.25) is 5.02 Å². The van der Waals surface area contributed by atoms with Crippen LogP contribution in [-0.2, 0) is 0 Å². The molecule has 0 saturated heterocycles. The highest BCUT2D eigenvalue weighted by Gasteiger charge is 2.31. The summed E-state index contributed by atoms with van der Waals surface area (Å²) >= 11 is 5.79. The van der Waals surface area contributed by atoms with E-state index in [0.29, 0.717) is 27.4 Å². The zero-order valence-corrected chi connectivity index (χ0v) is 11.7. The Labute approximate surface area is 128 Å². The zero-order chi connectivity index (χ0) is 15.7. The lowest BCUT2D eigenvalue weighted by molar-refractivity contribution is -0.274. The molecule has 0 aliphatic heterocycles. The van der Waals surface area contributed by atoms with Crippen molar-refractivity contribution in [3.8, 4) is 17.2 Å². The second-order valence-electron chi connectivity index (χ2n) is 4.46. The van der Waals surface area contributed by atoms with Crippen molar-refractivity contribution in [3.63, 3.8) is 0 Å². The van der Waals surface area contributed by atoms with Crippen molar-refractivity contribution < 1.29 is 22.6 Å². The minimum absolute atomic E-state index is 0.305. The van der Waals surface area contributed by atoms with E-state index in [-0.39, 0.29) is 5.75 Å². The highest BCUT2D eigenvalue weighted by Crippen LogP contribution is 2.34. The fourth-order valence-corrected chi connectivity index (χ4v) is 2.11. The number of hydrogen-bond acceptors (Lipinski definition) is 2. The third-order valence-corrected chi connectivity index (χ3v) is 3.14. The zero-order valence-electron chi connectivity index (χ0n) is 10.9. The molecule has 0 aliphatic carbocycles. The first-order valence-electron chi connectivity index (χ1n) is 6.21. The van der Waals surface area contributed by atoms with Gasteiger partial charge in [-0.05, 0) is 42.5 Å². The van der Waals surface area contributed by atoms with E-state index in [1.54, 1.807) is 30.5 Å². The molecule has 3 nitrogen and oxygen atoms in total. The molecule has 3 aromatic rings. The number of benzene rings is 2. The summed E-state index contributed by atoms with van der Waals surface area (Å²) in [7, 11) is 0. The smallest absolute Gasteiger partial charge is 0.455 e. The van der Waals surface area contributed by atoms with Gasteiger partial charge in [0.05, 0.1) is 0 Å². The van der Waals surface area contributed by atoms with Gasteiger partial charge in [-0.15, -0.1) is 13.2 Å². The van der Waals surface area contributed by atoms with Crippen LogP contribution in [-0.4, -0.2) is 11.3 Å². The van der Waals surface area contributed by atoms with Crippen molar-refractivity contribution in [1.82, 2.24) is 4.98 Å². The van der Waals surface area contributed by atoms with Crippen molar-refractivity contribution in [2.45, 2.75) is 6.36 Å². The lowest BCUT2D eigenvalue weighted by Crippen LogP contribution is -2.16. The Morgan fingerprint density at radius 1 is 0.955 bits per heavy atom. The third kappa shape index (κ3) is 3.28. The number of H-pyrrole nitrogens is 1. The Balaban J connectivity index is 1.92. The number of ether oxygens (including phenoxy) is 2. The van der Waals surface area contributed by atoms with E-state index in [1.165, 1.54) is 18.2 Å². The summed E-state index contributed by atoms with van der Waals surface area (Å²) in [6, 6.07) is 10.6. The Morgan fingerprint density at radius 3 is 2.32 bits per heavy atom. The van der Waals surface area contributed by atoms with E-state index in [4.69, 9.17) is 16.3 Å². The van der Waals surface area contributed by atoms with E-state index < -0.39 is 6.36 Å². The quantitative estimate of drug-likeness (QED) is 0.688. The largest absolute Gasteiger partial charge is 0.573 e. The molecular formula is C15H9ClF3NO2. The van der Waals surface area contributed by atoms with Crippen molar-refractivity contribution in [1.29, 1.82) is 0 Å². The van der Waals surface area contributed by atoms with Crippen LogP contribution < -0.4 is 9.47 Å². The molecule has 0 amide bonds. The Hall–Kier alpha value is -2.34. The molecule has 22 heavy (non-hydrogen) atoms. The van der Waals surface area contributed by atoms with E-state index in [2.05, 4.69) is 9.72 Å². The monoisotopic (exact) mass is 327 g/mol. The fourth-order valence-electron chi connectivity index (χ4n) is 1.99. The molecule has 0 aliphatic rings. The first-order valence-corrected chi connectivity index (χ1v) is 6.59. The van der Waals surface area contributed by atoms with Crippen LogP contribution in [0.3, 0.4) is 0 Å². The van der Waals surface area contributed by atoms with Crippen LogP contribution in [0.1, 0.15) is 0 Å². The van der Waals surface area contributed by atoms with Crippen LogP contribution >= 0.6 is 11.6 Å². The van der Waals surface area contributed by atoms with E-state index in [1.807, 2.05) is 0 Å². The molecule has 1 heterocycles. The average Bonchev–Trinajstić information content (AvgIpc) is 2.82. The van der Waals surface area contributed by atoms with Gasteiger partial charge < -0.3 is 14.5 Å². The van der Waals surface area contributed by atoms with E-state index >= 15 is 0 Å². The van der Waals surface area contributed by atoms with Gasteiger partial charge >= 0.3 is 6.36 Å². The minimum Gasteiger partial charge on any atom is -0.455 e. The average molecular weight is 328 g/mol. The topological polar surface area (TPSA) is 34.2 Å². The Kier molecular flexibility index (Phi) is 3.62. The summed E-state index contributed by atoms with van der Waals surface area (Å²) in [5, 5.41) is 1.05. The maximum atomic E-state index is 12.3. The maximum Gasteiger partial charge on any atom is 0.573 e. The summed E-state index contributed by atoms with van der Waals surface area (Å²) in [6.45, 7) is 0. The summed E-state index contributed by atoms with van der Waals surface area (Å²) in [4.78, 5) is 2.92. The molecule has 0 saturated carbocycles. The SMILES string of the molecule is FC(F)(F)Oc1ccc2[nH]cc(Oc3ccc(Cl)cc3)c2c1. The van der Waals surface area contributed by atoms with Gasteiger partial charge in [0.2, 0.25) is 0 Å². The lowest BCUT2D eigenvalue weighted by atomic mass is 10.2. The number of rotatable bonds is 3. The van der Waals surface area contributed by atoms with Crippen molar-refractivity contribution in [2.75, 3.05) is 0 Å². The number of aromatic nitrogens is 1. The van der Waals surface area contributed by atoms with E-state index in [0.717, 1.165) is 0 Å². The maximum absolute atomic E-state index is 12.3. The second kappa shape index (κ2) is 5.46. The molecule has 1 N–H and O–H groups in total. The lowest BCUT2D eigenvalue weighted by Gasteiger charge is -2.09. The molecule has 0 bridgehead atoms. The van der Waals surface area contributed by atoms with Crippen LogP contribution in [0.4, 0.5) is 13.2 Å². The summed E-state index contributed by atoms with van der Waals surface area (Å²) in [5.41, 5.74) is 0.637. The molecular weight excluding hydrogens is 319 g/mol. The molecule has 1 aromatic heterocycles. The van der Waals surface area contributed by atoms with Crippen LogP contribution in [0.5, 0.6) is 17.2 Å². The van der Waals surface area contributed by atoms with Gasteiger partial charge in [0.15, 0.2) is 5.75 Å². The molecule has 114 valence electrons. The first kappa shape index (κ1) is 14.6. The fraction of sp³-hybridized carbons (Fsp3) is 0.0667. The van der Waals surface area contributed by atoms with Crippen molar-refractivity contribution in [2.24, 2.45) is 0 Å².